The van der Waals surface area contributed by atoms with Crippen LogP contribution in [0.1, 0.15) is 49.2 Å². The van der Waals surface area contributed by atoms with E-state index in [9.17, 15) is 28.5 Å². The van der Waals surface area contributed by atoms with Crippen LogP contribution < -0.4 is 20.1 Å². The number of aromatic nitrogens is 6. The predicted octanol–water partition coefficient (Wildman–Crippen LogP) is 9.80. The molecule has 19 heteroatoms. The van der Waals surface area contributed by atoms with Gasteiger partial charge in [-0.2, -0.15) is 28.7 Å². The number of benzene rings is 4. The number of rotatable bonds is 12. The zero-order valence-corrected chi connectivity index (χ0v) is 34.6. The smallest absolute Gasteiger partial charge is 0.416 e. The van der Waals surface area contributed by atoms with Crippen molar-refractivity contribution >= 4 is 66.6 Å². The molecule has 0 radical (unpaired) electrons. The van der Waals surface area contributed by atoms with E-state index in [2.05, 4.69) is 52.7 Å². The summed E-state index contributed by atoms with van der Waals surface area (Å²) in [7, 11) is 1.55. The molecular formula is C43H30ClF3N10O3S2. The first-order valence-corrected chi connectivity index (χ1v) is 20.4. The van der Waals surface area contributed by atoms with Crippen LogP contribution in [0.5, 0.6) is 17.5 Å². The fourth-order valence-electron chi connectivity index (χ4n) is 5.74. The lowest BCUT2D eigenvalue weighted by molar-refractivity contribution is -0.137. The summed E-state index contributed by atoms with van der Waals surface area (Å²) in [6, 6.07) is 32.3. The molecule has 0 spiro atoms. The lowest BCUT2D eigenvalue weighted by Crippen LogP contribution is -2.29. The minimum atomic E-state index is -4.47. The maximum absolute atomic E-state index is 13.0. The van der Waals surface area contributed by atoms with Crippen molar-refractivity contribution in [1.82, 2.24) is 35.2 Å². The minimum Gasteiger partial charge on any atom is -0.497 e. The molecule has 0 saturated carbocycles. The van der Waals surface area contributed by atoms with Crippen molar-refractivity contribution in [2.75, 3.05) is 25.5 Å². The van der Waals surface area contributed by atoms with E-state index in [0.29, 0.717) is 67.2 Å². The molecule has 8 rings (SSSR count). The molecule has 13 nitrogen and oxygen atoms in total. The molecule has 0 fully saturated rings. The number of methoxy groups -OCH3 is 1. The highest BCUT2D eigenvalue weighted by Gasteiger charge is 2.31. The molecule has 0 bridgehead atoms. The Morgan fingerprint density at radius 1 is 0.758 bits per heavy atom. The number of ether oxygens (including phenoxy) is 2. The molecule has 62 heavy (non-hydrogen) atoms. The van der Waals surface area contributed by atoms with Crippen molar-refractivity contribution in [2.45, 2.75) is 18.0 Å². The van der Waals surface area contributed by atoms with Crippen LogP contribution >= 0.6 is 34.3 Å². The first kappa shape index (κ1) is 42.9. The quantitative estimate of drug-likeness (QED) is 0.111. The lowest BCUT2D eigenvalue weighted by atomic mass is 10.1. The van der Waals surface area contributed by atoms with Gasteiger partial charge in [-0.1, -0.05) is 23.7 Å². The molecule has 0 aliphatic carbocycles. The van der Waals surface area contributed by atoms with Crippen LogP contribution in [0.3, 0.4) is 0 Å². The van der Waals surface area contributed by atoms with Crippen LogP contribution in [0.15, 0.2) is 116 Å². The lowest BCUT2D eigenvalue weighted by Gasteiger charge is -2.09. The van der Waals surface area contributed by atoms with Crippen molar-refractivity contribution in [3.05, 3.63) is 153 Å². The number of carbonyl (C=O) groups is 1. The Morgan fingerprint density at radius 3 is 2.05 bits per heavy atom. The highest BCUT2D eigenvalue weighted by Crippen LogP contribution is 2.36. The van der Waals surface area contributed by atoms with E-state index in [1.807, 2.05) is 24.3 Å². The Labute approximate surface area is 364 Å². The van der Waals surface area contributed by atoms with Gasteiger partial charge in [0, 0.05) is 36.1 Å². The molecule has 2 atom stereocenters. The second-order valence-corrected chi connectivity index (χ2v) is 15.5. The Bertz CT molecular complexity index is 2880. The third-order valence-electron chi connectivity index (χ3n) is 8.79. The number of nitrogens with zero attached hydrogens (tertiary/aromatic N) is 8. The molecule has 0 aliphatic rings. The van der Waals surface area contributed by atoms with Crippen LogP contribution in [-0.4, -0.2) is 56.0 Å². The van der Waals surface area contributed by atoms with Gasteiger partial charge in [0.15, 0.2) is 0 Å². The van der Waals surface area contributed by atoms with Crippen molar-refractivity contribution in [3.8, 4) is 29.6 Å². The zero-order chi connectivity index (χ0) is 43.6. The van der Waals surface area contributed by atoms with Crippen molar-refractivity contribution < 1.29 is 27.4 Å². The molecule has 0 saturated heterocycles. The predicted molar refractivity (Wildman–Crippen MR) is 229 cm³/mol. The van der Waals surface area contributed by atoms with Crippen LogP contribution in [0, 0.1) is 22.7 Å². The number of amides is 1. The molecule has 8 aromatic rings. The number of nitriles is 2. The number of halogens is 4. The Morgan fingerprint density at radius 2 is 1.39 bits per heavy atom. The first-order valence-electron chi connectivity index (χ1n) is 18.4. The SMILES string of the molecule is COc1ccc(Oc2nccc(C(C#N)c3nc4cc(C(F)(F)F)ccc4s3)n2)cc1.N#CC(c1ccnc(NCCNC(=O)c2ccc(Cl)cc2)n1)c1nc2ccccc2s1. The number of fused-ring (bicyclic) bond motifs is 2. The van der Waals surface area contributed by atoms with Gasteiger partial charge in [0.2, 0.25) is 5.95 Å². The van der Waals surface area contributed by atoms with Gasteiger partial charge in [0.25, 0.3) is 5.91 Å². The molecule has 2 N–H and O–H groups in total. The van der Waals surface area contributed by atoms with Gasteiger partial charge in [-0.3, -0.25) is 4.79 Å². The monoisotopic (exact) mass is 890 g/mol. The summed E-state index contributed by atoms with van der Waals surface area (Å²) < 4.78 is 51.2. The summed E-state index contributed by atoms with van der Waals surface area (Å²) in [6.45, 7) is 0.815. The van der Waals surface area contributed by atoms with E-state index >= 15 is 0 Å². The van der Waals surface area contributed by atoms with E-state index in [0.717, 1.165) is 33.7 Å². The number of carbonyl (C=O) groups excluding carboxylic acids is 1. The van der Waals surface area contributed by atoms with Crippen LogP contribution in [0.4, 0.5) is 19.1 Å². The maximum Gasteiger partial charge on any atom is 0.416 e. The van der Waals surface area contributed by atoms with Crippen LogP contribution in [0.25, 0.3) is 20.4 Å². The molecule has 4 aromatic heterocycles. The average molecular weight is 891 g/mol. The topological polar surface area (TPSA) is 185 Å². The van der Waals surface area contributed by atoms with Gasteiger partial charge in [-0.05, 0) is 91.0 Å². The highest BCUT2D eigenvalue weighted by atomic mass is 35.5. The van der Waals surface area contributed by atoms with E-state index < -0.39 is 23.6 Å². The van der Waals surface area contributed by atoms with Gasteiger partial charge >= 0.3 is 12.2 Å². The van der Waals surface area contributed by atoms with E-state index in [1.54, 1.807) is 74.0 Å². The number of thiazole rings is 2. The Hall–Kier alpha value is -7.25. The molecule has 0 aliphatic heterocycles. The second kappa shape index (κ2) is 19.4. The normalized spacial score (nSPS) is 12.0. The molecule has 1 amide bonds. The third-order valence-corrected chi connectivity index (χ3v) is 11.2. The van der Waals surface area contributed by atoms with Crippen molar-refractivity contribution in [1.29, 1.82) is 10.5 Å². The van der Waals surface area contributed by atoms with Gasteiger partial charge in [0.1, 0.15) is 33.4 Å². The van der Waals surface area contributed by atoms with Gasteiger partial charge < -0.3 is 20.1 Å². The molecule has 2 unspecified atom stereocenters. The zero-order valence-electron chi connectivity index (χ0n) is 32.2. The van der Waals surface area contributed by atoms with Gasteiger partial charge in [0.05, 0.1) is 56.6 Å². The summed E-state index contributed by atoms with van der Waals surface area (Å²) in [5.74, 6) is -0.117. The minimum absolute atomic E-state index is 0.0309. The van der Waals surface area contributed by atoms with Crippen molar-refractivity contribution in [2.24, 2.45) is 0 Å². The first-order chi connectivity index (χ1) is 30.0. The molecular weight excluding hydrogens is 861 g/mol. The van der Waals surface area contributed by atoms with Crippen molar-refractivity contribution in [3.63, 3.8) is 0 Å². The van der Waals surface area contributed by atoms with Crippen LogP contribution in [0.2, 0.25) is 5.02 Å². The molecule has 310 valence electrons. The highest BCUT2D eigenvalue weighted by molar-refractivity contribution is 7.19. The van der Waals surface area contributed by atoms with E-state index in [4.69, 9.17) is 21.1 Å². The number of hydrogen-bond acceptors (Lipinski definition) is 14. The standard InChI is InChI=1S/C22H17ClN6OS.C21H13F3N4O2S/c23-15-7-5-14(6-8-15)20(30)25-11-12-27-22-26-10-9-17(29-22)16(13-24)21-28-18-3-1-2-4-19(18)31-21;1-29-13-3-5-14(6-4-13)30-20-26-9-8-16(28-20)15(11-25)19-27-17-10-12(21(22,23)24)2-7-18(17)31-19/h1-10,16H,11-12H2,(H,25,30)(H,26,27,29);2-10,15H,1H3. The largest absolute Gasteiger partial charge is 0.497 e. The second-order valence-electron chi connectivity index (χ2n) is 12.9. The summed E-state index contributed by atoms with van der Waals surface area (Å²) in [5, 5.41) is 26.9. The molecule has 4 aromatic carbocycles. The summed E-state index contributed by atoms with van der Waals surface area (Å²) >= 11 is 8.46. The van der Waals surface area contributed by atoms with E-state index in [-0.39, 0.29) is 17.4 Å². The maximum atomic E-state index is 13.0. The number of para-hydroxylation sites is 1. The third kappa shape index (κ3) is 10.5. The number of anilines is 1. The summed E-state index contributed by atoms with van der Waals surface area (Å²) in [5.41, 5.74) is 1.70. The fraction of sp³-hybridized carbons (Fsp3) is 0.140. The average Bonchev–Trinajstić information content (AvgIpc) is 3.91. The Kier molecular flexibility index (Phi) is 13.4. The summed E-state index contributed by atoms with van der Waals surface area (Å²) in [4.78, 5) is 38.0. The van der Waals surface area contributed by atoms with Gasteiger partial charge in [-0.25, -0.2) is 24.9 Å². The van der Waals surface area contributed by atoms with Crippen LogP contribution in [-0.2, 0) is 6.18 Å². The number of hydrogen-bond donors (Lipinski definition) is 2. The van der Waals surface area contributed by atoms with Gasteiger partial charge in [-0.15, -0.1) is 22.7 Å². The molecule has 4 heterocycles. The fourth-order valence-corrected chi connectivity index (χ4v) is 7.90. The Balaban J connectivity index is 0.000000186. The summed E-state index contributed by atoms with van der Waals surface area (Å²) in [6.07, 6.45) is -1.41. The number of alkyl halides is 3. The van der Waals surface area contributed by atoms with E-state index in [1.165, 1.54) is 23.6 Å². The number of nitrogens with one attached hydrogen (secondary N) is 2.